The lowest BCUT2D eigenvalue weighted by Crippen LogP contribution is -2.42. The van der Waals surface area contributed by atoms with E-state index in [4.69, 9.17) is 4.74 Å². The number of amides is 1. The van der Waals surface area contributed by atoms with E-state index in [0.29, 0.717) is 12.1 Å². The summed E-state index contributed by atoms with van der Waals surface area (Å²) in [6.45, 7) is 2.53. The molecule has 0 aromatic heterocycles. The number of halogens is 3. The molecule has 184 valence electrons. The molecule has 0 aliphatic carbocycles. The van der Waals surface area contributed by atoms with Gasteiger partial charge in [0.2, 0.25) is 5.91 Å². The van der Waals surface area contributed by atoms with Crippen LogP contribution in [0.15, 0.2) is 72.8 Å². The largest absolute Gasteiger partial charge is 0.496 e. The summed E-state index contributed by atoms with van der Waals surface area (Å²) in [5.74, 6) is 0.625. The average molecular weight is 483 g/mol. The molecule has 1 fully saturated rings. The maximum atomic E-state index is 12.8. The average Bonchev–Trinajstić information content (AvgIpc) is 2.87. The Bertz CT molecular complexity index is 1150. The van der Waals surface area contributed by atoms with E-state index in [0.717, 1.165) is 54.9 Å². The number of ether oxygens (including phenoxy) is 1. The summed E-state index contributed by atoms with van der Waals surface area (Å²) in [6, 6.07) is 21.2. The van der Waals surface area contributed by atoms with Gasteiger partial charge in [-0.15, -0.1) is 0 Å². The van der Waals surface area contributed by atoms with Crippen LogP contribution in [0.4, 0.5) is 13.2 Å². The monoisotopic (exact) mass is 482 g/mol. The minimum atomic E-state index is -4.36. The zero-order valence-corrected chi connectivity index (χ0v) is 19.6. The smallest absolute Gasteiger partial charge is 0.416 e. The molecule has 0 bridgehead atoms. The van der Waals surface area contributed by atoms with Gasteiger partial charge in [-0.25, -0.2) is 0 Å². The molecule has 1 atom stereocenters. The Kier molecular flexibility index (Phi) is 7.76. The van der Waals surface area contributed by atoms with Crippen molar-refractivity contribution in [3.05, 3.63) is 89.5 Å². The van der Waals surface area contributed by atoms with Gasteiger partial charge in [-0.1, -0.05) is 48.5 Å². The van der Waals surface area contributed by atoms with Crippen molar-refractivity contribution in [2.24, 2.45) is 5.92 Å². The molecule has 4 rings (SSSR count). The summed E-state index contributed by atoms with van der Waals surface area (Å²) in [6.07, 6.45) is -2.64. The molecule has 1 aliphatic rings. The highest BCUT2D eigenvalue weighted by atomic mass is 19.4. The van der Waals surface area contributed by atoms with Crippen LogP contribution in [0.1, 0.15) is 29.5 Å². The van der Waals surface area contributed by atoms with Crippen molar-refractivity contribution in [1.29, 1.82) is 0 Å². The highest BCUT2D eigenvalue weighted by molar-refractivity contribution is 5.79. The molecule has 1 amide bonds. The molecule has 3 aromatic carbocycles. The second-order valence-corrected chi connectivity index (χ2v) is 8.89. The fraction of sp³-hybridized carbons (Fsp3) is 0.321. The Morgan fingerprint density at radius 2 is 1.80 bits per heavy atom. The van der Waals surface area contributed by atoms with Crippen LogP contribution in [0.5, 0.6) is 5.75 Å². The Balaban J connectivity index is 1.34. The number of nitrogens with one attached hydrogen (secondary N) is 1. The highest BCUT2D eigenvalue weighted by Gasteiger charge is 2.30. The first-order valence-corrected chi connectivity index (χ1v) is 11.7. The number of methoxy groups -OCH3 is 1. The molecule has 4 nitrogen and oxygen atoms in total. The third kappa shape index (κ3) is 6.42. The molecule has 3 aromatic rings. The summed E-state index contributed by atoms with van der Waals surface area (Å²) in [4.78, 5) is 15.1. The van der Waals surface area contributed by atoms with Crippen molar-refractivity contribution in [2.45, 2.75) is 32.1 Å². The van der Waals surface area contributed by atoms with Gasteiger partial charge in [0.05, 0.1) is 18.6 Å². The normalized spacial score (nSPS) is 16.6. The Morgan fingerprint density at radius 1 is 1.03 bits per heavy atom. The molecular formula is C28H29F3N2O2. The zero-order valence-electron chi connectivity index (χ0n) is 19.6. The van der Waals surface area contributed by atoms with E-state index in [2.05, 4.69) is 28.4 Å². The number of piperidine rings is 1. The van der Waals surface area contributed by atoms with Crippen molar-refractivity contribution >= 4 is 5.91 Å². The van der Waals surface area contributed by atoms with Gasteiger partial charge in [0.15, 0.2) is 0 Å². The lowest BCUT2D eigenvalue weighted by atomic mass is 9.96. The van der Waals surface area contributed by atoms with Gasteiger partial charge in [-0.3, -0.25) is 9.69 Å². The minimum absolute atomic E-state index is 0.0580. The lowest BCUT2D eigenvalue weighted by molar-refractivity contribution is -0.137. The fourth-order valence-electron chi connectivity index (χ4n) is 4.54. The molecule has 0 radical (unpaired) electrons. The predicted molar refractivity (Wildman–Crippen MR) is 130 cm³/mol. The molecule has 1 aliphatic heterocycles. The molecule has 1 unspecified atom stereocenters. The van der Waals surface area contributed by atoms with Gasteiger partial charge in [-0.2, -0.15) is 13.2 Å². The molecule has 7 heteroatoms. The number of hydrogen-bond donors (Lipinski definition) is 1. The van der Waals surface area contributed by atoms with E-state index in [1.165, 1.54) is 17.7 Å². The van der Waals surface area contributed by atoms with Crippen LogP contribution in [-0.2, 0) is 24.1 Å². The predicted octanol–water partition coefficient (Wildman–Crippen LogP) is 5.91. The van der Waals surface area contributed by atoms with Crippen LogP contribution in [0.25, 0.3) is 11.1 Å². The number of hydrogen-bond acceptors (Lipinski definition) is 3. The Labute approximate surface area is 203 Å². The Morgan fingerprint density at radius 3 is 2.54 bits per heavy atom. The number of rotatable bonds is 7. The van der Waals surface area contributed by atoms with Crippen LogP contribution in [0.3, 0.4) is 0 Å². The first-order valence-electron chi connectivity index (χ1n) is 11.7. The van der Waals surface area contributed by atoms with Gasteiger partial charge >= 0.3 is 6.18 Å². The first-order chi connectivity index (χ1) is 16.8. The van der Waals surface area contributed by atoms with Gasteiger partial charge in [0.25, 0.3) is 0 Å². The number of carbonyl (C=O) groups is 1. The number of benzene rings is 3. The quantitative estimate of drug-likeness (QED) is 0.455. The third-order valence-corrected chi connectivity index (χ3v) is 6.38. The van der Waals surface area contributed by atoms with E-state index in [1.807, 2.05) is 30.3 Å². The van der Waals surface area contributed by atoms with Crippen LogP contribution < -0.4 is 10.1 Å². The molecule has 35 heavy (non-hydrogen) atoms. The van der Waals surface area contributed by atoms with Crippen molar-refractivity contribution in [1.82, 2.24) is 10.2 Å². The van der Waals surface area contributed by atoms with Gasteiger partial charge in [0, 0.05) is 25.2 Å². The fourth-order valence-corrected chi connectivity index (χ4v) is 4.54. The number of alkyl halides is 3. The molecular weight excluding hydrogens is 453 g/mol. The minimum Gasteiger partial charge on any atom is -0.496 e. The van der Waals surface area contributed by atoms with Crippen molar-refractivity contribution in [3.8, 4) is 16.9 Å². The van der Waals surface area contributed by atoms with Crippen LogP contribution in [0, 0.1) is 5.92 Å². The van der Waals surface area contributed by atoms with Gasteiger partial charge in [0.1, 0.15) is 5.75 Å². The second-order valence-electron chi connectivity index (χ2n) is 8.89. The standard InChI is InChI=1S/C28H29F3N2O2/c1-35-26-10-3-2-9-25(26)22-7-4-6-21(16-22)18-33-15-5-8-23(19-33)27(34)32-17-20-11-13-24(14-12-20)28(29,30)31/h2-4,6-7,9-14,16,23H,5,8,15,17-19H2,1H3,(H,32,34). The highest BCUT2D eigenvalue weighted by Crippen LogP contribution is 2.31. The van der Waals surface area contributed by atoms with Crippen LogP contribution in [0.2, 0.25) is 0 Å². The zero-order chi connectivity index (χ0) is 24.8. The number of nitrogens with zero attached hydrogens (tertiary/aromatic N) is 1. The summed E-state index contributed by atoms with van der Waals surface area (Å²) < 4.78 is 43.7. The molecule has 1 heterocycles. The van der Waals surface area contributed by atoms with E-state index < -0.39 is 11.7 Å². The van der Waals surface area contributed by atoms with Crippen LogP contribution in [-0.4, -0.2) is 31.0 Å². The maximum absolute atomic E-state index is 12.8. The third-order valence-electron chi connectivity index (χ3n) is 6.38. The SMILES string of the molecule is COc1ccccc1-c1cccc(CN2CCCC(C(=O)NCc3ccc(C(F)(F)F)cc3)C2)c1. The second kappa shape index (κ2) is 11.0. The Hall–Kier alpha value is -3.32. The summed E-state index contributed by atoms with van der Waals surface area (Å²) in [7, 11) is 1.67. The lowest BCUT2D eigenvalue weighted by Gasteiger charge is -2.32. The summed E-state index contributed by atoms with van der Waals surface area (Å²) in [5, 5.41) is 2.89. The topological polar surface area (TPSA) is 41.6 Å². The van der Waals surface area contributed by atoms with E-state index >= 15 is 0 Å². The molecule has 0 saturated carbocycles. The van der Waals surface area contributed by atoms with Crippen LogP contribution >= 0.6 is 0 Å². The molecule has 1 saturated heterocycles. The molecule has 1 N–H and O–H groups in total. The first kappa shape index (κ1) is 24.8. The van der Waals surface area contributed by atoms with Crippen molar-refractivity contribution in [3.63, 3.8) is 0 Å². The number of para-hydroxylation sites is 1. The van der Waals surface area contributed by atoms with Crippen molar-refractivity contribution < 1.29 is 22.7 Å². The summed E-state index contributed by atoms with van der Waals surface area (Å²) >= 11 is 0. The molecule has 0 spiro atoms. The number of likely N-dealkylation sites (tertiary alicyclic amines) is 1. The number of carbonyl (C=O) groups excluding carboxylic acids is 1. The van der Waals surface area contributed by atoms with Gasteiger partial charge < -0.3 is 10.1 Å². The summed E-state index contributed by atoms with van der Waals surface area (Å²) in [5.41, 5.74) is 3.25. The van der Waals surface area contributed by atoms with E-state index in [-0.39, 0.29) is 18.4 Å². The van der Waals surface area contributed by atoms with E-state index in [9.17, 15) is 18.0 Å². The van der Waals surface area contributed by atoms with E-state index in [1.54, 1.807) is 7.11 Å². The maximum Gasteiger partial charge on any atom is 0.416 e. The van der Waals surface area contributed by atoms with Crippen molar-refractivity contribution in [2.75, 3.05) is 20.2 Å². The van der Waals surface area contributed by atoms with Gasteiger partial charge in [-0.05, 0) is 60.3 Å².